The average molecular weight is 309 g/mol. The van der Waals surface area contributed by atoms with Crippen molar-refractivity contribution in [2.45, 2.75) is 96.8 Å². The number of rotatable bonds is 14. The number of hydrogen-bond acceptors (Lipinski definition) is 1. The van der Waals surface area contributed by atoms with Crippen LogP contribution in [0.1, 0.15) is 96.8 Å². The maximum absolute atomic E-state index is 10.4. The topological polar surface area (TPSA) is 37.3 Å². The highest BCUT2D eigenvalue weighted by molar-refractivity contribution is 5.66. The summed E-state index contributed by atoms with van der Waals surface area (Å²) in [5.41, 5.74) is 0. The molecule has 0 amide bonds. The zero-order chi connectivity index (χ0) is 15.8. The van der Waals surface area contributed by atoms with E-state index in [9.17, 15) is 4.79 Å². The van der Waals surface area contributed by atoms with Crippen molar-refractivity contribution in [3.05, 3.63) is 0 Å². The van der Waals surface area contributed by atoms with E-state index in [1.165, 1.54) is 64.2 Å². The third kappa shape index (κ3) is 7.15. The molecule has 0 spiro atoms. The first kappa shape index (κ1) is 17.8. The zero-order valence-electron chi connectivity index (χ0n) is 14.6. The van der Waals surface area contributed by atoms with E-state index in [2.05, 4.69) is 6.92 Å². The monoisotopic (exact) mass is 308 g/mol. The van der Waals surface area contributed by atoms with E-state index < -0.39 is 5.97 Å². The summed E-state index contributed by atoms with van der Waals surface area (Å²) in [7, 11) is 0. The van der Waals surface area contributed by atoms with Crippen molar-refractivity contribution in [2.24, 2.45) is 23.7 Å². The first-order valence-electron chi connectivity index (χ1n) is 9.92. The van der Waals surface area contributed by atoms with E-state index in [4.69, 9.17) is 5.11 Å². The van der Waals surface area contributed by atoms with Gasteiger partial charge in [0, 0.05) is 6.42 Å². The lowest BCUT2D eigenvalue weighted by Crippen LogP contribution is -1.93. The van der Waals surface area contributed by atoms with Crippen molar-refractivity contribution in [1.82, 2.24) is 0 Å². The Bertz CT molecular complexity index is 326. The number of carboxylic acids is 1. The van der Waals surface area contributed by atoms with Gasteiger partial charge in [0.25, 0.3) is 0 Å². The normalized spacial score (nSPS) is 29.5. The van der Waals surface area contributed by atoms with Crippen LogP contribution in [0.25, 0.3) is 0 Å². The van der Waals surface area contributed by atoms with E-state index in [1.54, 1.807) is 6.42 Å². The van der Waals surface area contributed by atoms with Crippen molar-refractivity contribution in [3.63, 3.8) is 0 Å². The fourth-order valence-corrected chi connectivity index (χ4v) is 4.16. The molecule has 2 heteroatoms. The van der Waals surface area contributed by atoms with Gasteiger partial charge < -0.3 is 5.11 Å². The summed E-state index contributed by atoms with van der Waals surface area (Å²) in [5, 5.41) is 8.58. The summed E-state index contributed by atoms with van der Waals surface area (Å²) in [6.07, 6.45) is 18.0. The summed E-state index contributed by atoms with van der Waals surface area (Å²) in [4.78, 5) is 10.4. The Morgan fingerprint density at radius 3 is 1.95 bits per heavy atom. The first-order valence-corrected chi connectivity index (χ1v) is 9.92. The molecule has 0 unspecified atom stereocenters. The largest absolute Gasteiger partial charge is 0.481 e. The molecule has 0 aromatic carbocycles. The Labute approximate surface area is 137 Å². The van der Waals surface area contributed by atoms with Crippen LogP contribution in [0.5, 0.6) is 0 Å². The van der Waals surface area contributed by atoms with Crippen molar-refractivity contribution < 1.29 is 9.90 Å². The van der Waals surface area contributed by atoms with Crippen LogP contribution in [0.4, 0.5) is 0 Å². The summed E-state index contributed by atoms with van der Waals surface area (Å²) >= 11 is 0. The summed E-state index contributed by atoms with van der Waals surface area (Å²) in [6, 6.07) is 0. The van der Waals surface area contributed by atoms with Gasteiger partial charge in [-0.05, 0) is 49.4 Å². The molecule has 1 N–H and O–H groups in total. The maximum Gasteiger partial charge on any atom is 0.303 e. The van der Waals surface area contributed by atoms with Crippen molar-refractivity contribution in [1.29, 1.82) is 0 Å². The number of aliphatic carboxylic acids is 1. The van der Waals surface area contributed by atoms with Crippen LogP contribution < -0.4 is 0 Å². The molecule has 2 aliphatic rings. The van der Waals surface area contributed by atoms with E-state index in [0.29, 0.717) is 6.42 Å². The van der Waals surface area contributed by atoms with Gasteiger partial charge in [0.05, 0.1) is 0 Å². The molecule has 2 aliphatic carbocycles. The van der Waals surface area contributed by atoms with Crippen molar-refractivity contribution >= 4 is 5.97 Å². The predicted molar refractivity (Wildman–Crippen MR) is 91.9 cm³/mol. The van der Waals surface area contributed by atoms with Crippen LogP contribution in [0, 0.1) is 23.7 Å². The fraction of sp³-hybridized carbons (Fsp3) is 0.950. The van der Waals surface area contributed by atoms with Gasteiger partial charge in [0.1, 0.15) is 0 Å². The lowest BCUT2D eigenvalue weighted by atomic mass is 10.0. The molecule has 128 valence electrons. The third-order valence-electron chi connectivity index (χ3n) is 5.89. The molecule has 2 rings (SSSR count). The molecule has 2 nitrogen and oxygen atoms in total. The van der Waals surface area contributed by atoms with E-state index in [1.807, 2.05) is 0 Å². The summed E-state index contributed by atoms with van der Waals surface area (Å²) in [5.74, 6) is 3.68. The maximum atomic E-state index is 10.4. The molecular weight excluding hydrogens is 272 g/mol. The molecular formula is C20H36O2. The molecule has 4 atom stereocenters. The SMILES string of the molecule is CCCCC[C@@H]1C[C@H]1C[C@@H]1C[C@H]1CCCCCCCC(=O)O. The van der Waals surface area contributed by atoms with Crippen LogP contribution >= 0.6 is 0 Å². The molecule has 0 aliphatic heterocycles. The molecule has 0 heterocycles. The zero-order valence-corrected chi connectivity index (χ0v) is 14.6. The highest BCUT2D eigenvalue weighted by Gasteiger charge is 2.44. The van der Waals surface area contributed by atoms with Gasteiger partial charge in [0.15, 0.2) is 0 Å². The average Bonchev–Trinajstić information content (AvgIpc) is 3.38. The molecule has 22 heavy (non-hydrogen) atoms. The lowest BCUT2D eigenvalue weighted by Gasteiger charge is -2.02. The predicted octanol–water partition coefficient (Wildman–Crippen LogP) is 6.04. The van der Waals surface area contributed by atoms with Crippen molar-refractivity contribution in [3.8, 4) is 0 Å². The minimum absolute atomic E-state index is 0.353. The number of carbonyl (C=O) groups is 1. The van der Waals surface area contributed by atoms with Crippen LogP contribution in [0.2, 0.25) is 0 Å². The van der Waals surface area contributed by atoms with Gasteiger partial charge in [-0.25, -0.2) is 0 Å². The van der Waals surface area contributed by atoms with E-state index in [0.717, 1.165) is 36.5 Å². The van der Waals surface area contributed by atoms with Crippen LogP contribution in [0.3, 0.4) is 0 Å². The second-order valence-corrected chi connectivity index (χ2v) is 7.94. The van der Waals surface area contributed by atoms with Gasteiger partial charge in [-0.2, -0.15) is 0 Å². The Morgan fingerprint density at radius 2 is 1.36 bits per heavy atom. The van der Waals surface area contributed by atoms with Crippen LogP contribution in [0.15, 0.2) is 0 Å². The Kier molecular flexibility index (Phi) is 7.75. The molecule has 2 fully saturated rings. The van der Waals surface area contributed by atoms with Gasteiger partial charge in [-0.15, -0.1) is 0 Å². The smallest absolute Gasteiger partial charge is 0.303 e. The second-order valence-electron chi connectivity index (χ2n) is 7.94. The minimum atomic E-state index is -0.645. The fourth-order valence-electron chi connectivity index (χ4n) is 4.16. The highest BCUT2D eigenvalue weighted by atomic mass is 16.4. The standard InChI is InChI=1S/C20H36O2/c1-2-3-7-10-16-13-18(16)15-19-14-17(19)11-8-5-4-6-9-12-20(21)22/h16-19H,2-15H2,1H3,(H,21,22)/t16-,17-,18+,19+/m1/s1. The quantitative estimate of drug-likeness (QED) is 0.397. The molecule has 0 aromatic heterocycles. The van der Waals surface area contributed by atoms with Gasteiger partial charge in [0.2, 0.25) is 0 Å². The van der Waals surface area contributed by atoms with Gasteiger partial charge >= 0.3 is 5.97 Å². The van der Waals surface area contributed by atoms with E-state index >= 15 is 0 Å². The third-order valence-corrected chi connectivity index (χ3v) is 5.89. The highest BCUT2D eigenvalue weighted by Crippen LogP contribution is 2.54. The Morgan fingerprint density at radius 1 is 0.818 bits per heavy atom. The minimum Gasteiger partial charge on any atom is -0.481 e. The summed E-state index contributed by atoms with van der Waals surface area (Å²) < 4.78 is 0. The van der Waals surface area contributed by atoms with Gasteiger partial charge in [-0.1, -0.05) is 64.7 Å². The second kappa shape index (κ2) is 9.57. The number of carboxylic acid groups (broad SMARTS) is 1. The molecule has 2 saturated carbocycles. The number of unbranched alkanes of at least 4 members (excludes halogenated alkanes) is 6. The number of hydrogen-bond donors (Lipinski definition) is 1. The van der Waals surface area contributed by atoms with Crippen LogP contribution in [-0.2, 0) is 4.79 Å². The Hall–Kier alpha value is -0.530. The van der Waals surface area contributed by atoms with E-state index in [-0.39, 0.29) is 0 Å². The van der Waals surface area contributed by atoms with Crippen LogP contribution in [-0.4, -0.2) is 11.1 Å². The Balaban J connectivity index is 1.36. The molecule has 0 aromatic rings. The molecule has 0 radical (unpaired) electrons. The summed E-state index contributed by atoms with van der Waals surface area (Å²) in [6.45, 7) is 2.30. The van der Waals surface area contributed by atoms with Crippen molar-refractivity contribution in [2.75, 3.05) is 0 Å². The molecule has 0 saturated heterocycles. The first-order chi connectivity index (χ1) is 10.7. The van der Waals surface area contributed by atoms with Gasteiger partial charge in [-0.3, -0.25) is 4.79 Å². The lowest BCUT2D eigenvalue weighted by molar-refractivity contribution is -0.137. The molecule has 0 bridgehead atoms.